The average Bonchev–Trinajstić information content (AvgIpc) is 2.93. The van der Waals surface area contributed by atoms with Crippen molar-refractivity contribution in [1.29, 1.82) is 0 Å². The van der Waals surface area contributed by atoms with E-state index < -0.39 is 58.6 Å². The molecule has 0 bridgehead atoms. The van der Waals surface area contributed by atoms with E-state index in [4.69, 9.17) is 4.74 Å². The molecular formula is C28H24F5N5O5. The van der Waals surface area contributed by atoms with Crippen LogP contribution in [0, 0.1) is 11.6 Å². The molecule has 2 atom stereocenters. The second-order valence-electron chi connectivity index (χ2n) is 9.48. The molecule has 0 saturated heterocycles. The fourth-order valence-electron chi connectivity index (χ4n) is 4.39. The second kappa shape index (κ2) is 12.0. The van der Waals surface area contributed by atoms with Crippen LogP contribution in [-0.2, 0) is 18.3 Å². The maximum atomic E-state index is 14.7. The van der Waals surface area contributed by atoms with Gasteiger partial charge in [-0.05, 0) is 30.7 Å². The Hall–Kier alpha value is -5.08. The Labute approximate surface area is 240 Å². The van der Waals surface area contributed by atoms with Gasteiger partial charge in [-0.2, -0.15) is 18.3 Å². The van der Waals surface area contributed by atoms with Crippen molar-refractivity contribution >= 4 is 28.5 Å². The molecule has 0 spiro atoms. The molecule has 0 radical (unpaired) electrons. The number of anilines is 1. The number of nitrogens with zero attached hydrogens (tertiary/aromatic N) is 3. The third-order valence-electron chi connectivity index (χ3n) is 6.62. The summed E-state index contributed by atoms with van der Waals surface area (Å²) >= 11 is 0. The van der Waals surface area contributed by atoms with Gasteiger partial charge in [-0.3, -0.25) is 14.6 Å². The zero-order valence-electron chi connectivity index (χ0n) is 22.8. The highest BCUT2D eigenvalue weighted by atomic mass is 19.4. The lowest BCUT2D eigenvalue weighted by molar-refractivity contribution is -0.139. The first kappa shape index (κ1) is 30.9. The predicted molar refractivity (Wildman–Crippen MR) is 145 cm³/mol. The van der Waals surface area contributed by atoms with Crippen LogP contribution in [0.1, 0.15) is 22.8 Å². The number of aliphatic carboxylic acids is 1. The van der Waals surface area contributed by atoms with Crippen LogP contribution in [0.5, 0.6) is 5.75 Å². The molecule has 4 aromatic rings. The summed E-state index contributed by atoms with van der Waals surface area (Å²) in [7, 11) is 2.82. The van der Waals surface area contributed by atoms with Gasteiger partial charge in [0.25, 0.3) is 11.5 Å². The summed E-state index contributed by atoms with van der Waals surface area (Å²) in [6.45, 7) is 0.743. The van der Waals surface area contributed by atoms with Gasteiger partial charge in [-0.25, -0.2) is 18.3 Å². The first-order valence-corrected chi connectivity index (χ1v) is 12.6. The number of carboxylic acid groups (broad SMARTS) is 1. The predicted octanol–water partition coefficient (Wildman–Crippen LogP) is 4.07. The lowest BCUT2D eigenvalue weighted by Gasteiger charge is -2.20. The number of pyridine rings is 1. The van der Waals surface area contributed by atoms with E-state index in [-0.39, 0.29) is 17.7 Å². The highest BCUT2D eigenvalue weighted by Gasteiger charge is 2.36. The van der Waals surface area contributed by atoms with Crippen molar-refractivity contribution in [3.05, 3.63) is 81.9 Å². The molecule has 10 nitrogen and oxygen atoms in total. The normalized spacial score (nSPS) is 12.9. The van der Waals surface area contributed by atoms with E-state index in [2.05, 4.69) is 15.4 Å². The Morgan fingerprint density at radius 3 is 2.42 bits per heavy atom. The molecule has 2 aromatic carbocycles. The second-order valence-corrected chi connectivity index (χ2v) is 9.48. The molecule has 0 aliphatic heterocycles. The number of halogens is 5. The number of ether oxygens (including phenoxy) is 1. The topological polar surface area (TPSA) is 135 Å². The van der Waals surface area contributed by atoms with Crippen LogP contribution < -0.4 is 20.9 Å². The minimum absolute atomic E-state index is 0.159. The monoisotopic (exact) mass is 605 g/mol. The van der Waals surface area contributed by atoms with Crippen LogP contribution in [0.3, 0.4) is 0 Å². The number of benzene rings is 2. The summed E-state index contributed by atoms with van der Waals surface area (Å²) in [6, 6.07) is 3.42. The number of carbonyl (C=O) groups is 2. The van der Waals surface area contributed by atoms with Crippen LogP contribution in [0.2, 0.25) is 0 Å². The van der Waals surface area contributed by atoms with Gasteiger partial charge >= 0.3 is 12.1 Å². The van der Waals surface area contributed by atoms with E-state index in [1.54, 1.807) is 12.1 Å². The molecule has 0 unspecified atom stereocenters. The molecule has 43 heavy (non-hydrogen) atoms. The minimum atomic E-state index is -4.70. The Balaban J connectivity index is 1.66. The van der Waals surface area contributed by atoms with Gasteiger partial charge in [0.15, 0.2) is 5.75 Å². The van der Waals surface area contributed by atoms with Gasteiger partial charge < -0.3 is 20.5 Å². The van der Waals surface area contributed by atoms with Gasteiger partial charge in [-0.15, -0.1) is 0 Å². The summed E-state index contributed by atoms with van der Waals surface area (Å²) in [5, 5.41) is 18.2. The molecule has 15 heteroatoms. The Kier molecular flexibility index (Phi) is 8.64. The smallest absolute Gasteiger partial charge is 0.408 e. The van der Waals surface area contributed by atoms with E-state index in [9.17, 15) is 41.4 Å². The van der Waals surface area contributed by atoms with E-state index in [0.717, 1.165) is 11.6 Å². The number of hydrogen-bond acceptors (Lipinski definition) is 7. The number of carbonyl (C=O) groups excluding carboxylic acids is 1. The first-order chi connectivity index (χ1) is 20.2. The van der Waals surface area contributed by atoms with Gasteiger partial charge in [0, 0.05) is 36.3 Å². The minimum Gasteiger partial charge on any atom is -0.494 e. The fraction of sp³-hybridized carbons (Fsp3) is 0.250. The Morgan fingerprint density at radius 2 is 1.81 bits per heavy atom. The lowest BCUT2D eigenvalue weighted by Crippen LogP contribution is -2.43. The molecule has 3 N–H and O–H groups in total. The molecule has 4 rings (SSSR count). The molecule has 1 amide bonds. The summed E-state index contributed by atoms with van der Waals surface area (Å²) in [5.74, 6) is -5.77. The summed E-state index contributed by atoms with van der Waals surface area (Å²) in [5.41, 5.74) is -1.01. The van der Waals surface area contributed by atoms with Crippen molar-refractivity contribution in [1.82, 2.24) is 20.1 Å². The molecule has 0 aliphatic carbocycles. The van der Waals surface area contributed by atoms with E-state index >= 15 is 0 Å². The summed E-state index contributed by atoms with van der Waals surface area (Å²) in [4.78, 5) is 42.2. The van der Waals surface area contributed by atoms with Crippen molar-refractivity contribution in [3.63, 3.8) is 0 Å². The van der Waals surface area contributed by atoms with Crippen molar-refractivity contribution in [2.75, 3.05) is 12.4 Å². The molecule has 0 aliphatic rings. The number of nitrogens with one attached hydrogen (secondary N) is 2. The van der Waals surface area contributed by atoms with Gasteiger partial charge in [0.2, 0.25) is 0 Å². The number of aromatic nitrogens is 3. The summed E-state index contributed by atoms with van der Waals surface area (Å²) < 4.78 is 74.3. The van der Waals surface area contributed by atoms with Crippen molar-refractivity contribution < 1.29 is 41.4 Å². The largest absolute Gasteiger partial charge is 0.494 e. The molecular weight excluding hydrogens is 581 g/mol. The van der Waals surface area contributed by atoms with Gasteiger partial charge in [0.05, 0.1) is 24.4 Å². The highest BCUT2D eigenvalue weighted by Crippen LogP contribution is 2.33. The number of amides is 1. The van der Waals surface area contributed by atoms with Gasteiger partial charge in [0.1, 0.15) is 29.3 Å². The van der Waals surface area contributed by atoms with Crippen LogP contribution in [0.15, 0.2) is 53.6 Å². The fourth-order valence-corrected chi connectivity index (χ4v) is 4.39. The third-order valence-corrected chi connectivity index (χ3v) is 6.62. The molecule has 0 saturated carbocycles. The number of carboxylic acids is 1. The van der Waals surface area contributed by atoms with E-state index in [1.165, 1.54) is 38.7 Å². The van der Waals surface area contributed by atoms with E-state index in [0.29, 0.717) is 34.2 Å². The average molecular weight is 606 g/mol. The van der Waals surface area contributed by atoms with Crippen molar-refractivity contribution in [2.24, 2.45) is 7.05 Å². The third kappa shape index (κ3) is 6.39. The van der Waals surface area contributed by atoms with E-state index in [1.807, 2.05) is 5.32 Å². The maximum Gasteiger partial charge on any atom is 0.408 e. The SMILES string of the molecule is COc1cnn(C)c(=O)c1-c1ccc(C[C@H](NC(=O)c2c(F)cc(N[C@H](C)C(F)(F)F)cc2F)C(=O)O)c2cccnc12. The number of alkyl halides is 3. The first-order valence-electron chi connectivity index (χ1n) is 12.6. The quantitative estimate of drug-likeness (QED) is 0.243. The number of methoxy groups -OCH3 is 1. The van der Waals surface area contributed by atoms with Crippen LogP contribution >= 0.6 is 0 Å². The van der Waals surface area contributed by atoms with Crippen LogP contribution in [-0.4, -0.2) is 57.1 Å². The van der Waals surface area contributed by atoms with Gasteiger partial charge in [-0.1, -0.05) is 18.2 Å². The number of fused-ring (bicyclic) bond motifs is 1. The van der Waals surface area contributed by atoms with Crippen LogP contribution in [0.25, 0.3) is 22.0 Å². The van der Waals surface area contributed by atoms with Crippen molar-refractivity contribution in [3.8, 4) is 16.9 Å². The Morgan fingerprint density at radius 1 is 1.14 bits per heavy atom. The molecule has 2 aromatic heterocycles. The van der Waals surface area contributed by atoms with Crippen molar-refractivity contribution in [2.45, 2.75) is 31.6 Å². The molecule has 226 valence electrons. The molecule has 0 fully saturated rings. The highest BCUT2D eigenvalue weighted by molar-refractivity contribution is 5.99. The maximum absolute atomic E-state index is 14.7. The number of rotatable bonds is 9. The molecule has 2 heterocycles. The van der Waals surface area contributed by atoms with Crippen LogP contribution in [0.4, 0.5) is 27.6 Å². The Bertz CT molecular complexity index is 1750. The standard InChI is InChI=1S/C28H24F5N5O5/c1-13(28(31,32)33)36-15-10-18(29)23(19(30)11-15)25(39)37-20(27(41)42)9-14-6-7-17(24-16(14)5-4-8-34-24)22-21(43-3)12-35-38(2)26(22)40/h4-8,10-13,20,36H,9H2,1-3H3,(H,37,39)(H,41,42)/t13-,20+/m1/s1. The zero-order chi connectivity index (χ0) is 31.6. The summed E-state index contributed by atoms with van der Waals surface area (Å²) in [6.07, 6.45) is -2.24. The number of aryl methyl sites for hydroxylation is 1. The number of hydrogen-bond donors (Lipinski definition) is 3. The zero-order valence-corrected chi connectivity index (χ0v) is 22.8. The lowest BCUT2D eigenvalue weighted by atomic mass is 9.95.